The Balaban J connectivity index is 1.95. The van der Waals surface area contributed by atoms with Crippen molar-refractivity contribution in [1.29, 1.82) is 0 Å². The average Bonchev–Trinajstić information content (AvgIpc) is 2.69. The fraction of sp³-hybridized carbons (Fsp3) is 0.333. The maximum atomic E-state index is 11.9. The lowest BCUT2D eigenvalue weighted by Crippen LogP contribution is -2.14. The number of benzene rings is 1. The molecule has 1 atom stereocenters. The van der Waals surface area contributed by atoms with Crippen LogP contribution < -0.4 is 5.32 Å². The minimum Gasteiger partial charge on any atom is -0.325 e. The molecule has 1 aliphatic carbocycles. The number of hydrogen-bond donors (Lipinski definition) is 1. The van der Waals surface area contributed by atoms with E-state index >= 15 is 0 Å². The molecule has 1 heterocycles. The molecule has 0 spiro atoms. The van der Waals surface area contributed by atoms with E-state index in [2.05, 4.69) is 5.32 Å². The molecule has 3 rings (SSSR count). The molecule has 1 amide bonds. The number of ketones is 1. The van der Waals surface area contributed by atoms with Crippen molar-refractivity contribution in [3.63, 3.8) is 0 Å². The van der Waals surface area contributed by atoms with Crippen LogP contribution in [-0.4, -0.2) is 11.7 Å². The monoisotopic (exact) mass is 241 g/mol. The second-order valence-electron chi connectivity index (χ2n) is 4.88. The van der Waals surface area contributed by atoms with E-state index in [0.29, 0.717) is 6.42 Å². The molecule has 1 fully saturated rings. The molecule has 2 aliphatic rings. The lowest BCUT2D eigenvalue weighted by Gasteiger charge is -2.14. The van der Waals surface area contributed by atoms with Crippen molar-refractivity contribution < 1.29 is 9.59 Å². The SMILES string of the molecule is O=C1CCCC/C1=C/C1C(=O)Nc2ccccc21. The number of hydrogen-bond acceptors (Lipinski definition) is 2. The summed E-state index contributed by atoms with van der Waals surface area (Å²) in [4.78, 5) is 23.7. The number of anilines is 1. The predicted molar refractivity (Wildman–Crippen MR) is 69.4 cm³/mol. The Hall–Kier alpha value is -1.90. The zero-order valence-electron chi connectivity index (χ0n) is 10.1. The molecule has 1 unspecified atom stereocenters. The van der Waals surface area contributed by atoms with E-state index in [1.807, 2.05) is 30.3 Å². The van der Waals surface area contributed by atoms with Gasteiger partial charge in [0, 0.05) is 12.1 Å². The molecule has 1 saturated carbocycles. The van der Waals surface area contributed by atoms with Crippen molar-refractivity contribution in [3.05, 3.63) is 41.5 Å². The smallest absolute Gasteiger partial charge is 0.235 e. The summed E-state index contributed by atoms with van der Waals surface area (Å²) in [7, 11) is 0. The first-order valence-corrected chi connectivity index (χ1v) is 6.39. The Kier molecular flexibility index (Phi) is 2.74. The molecule has 0 aromatic heterocycles. The Morgan fingerprint density at radius 2 is 1.89 bits per heavy atom. The normalized spacial score (nSPS) is 25.1. The highest BCUT2D eigenvalue weighted by Crippen LogP contribution is 2.35. The van der Waals surface area contributed by atoms with Gasteiger partial charge in [-0.1, -0.05) is 24.3 Å². The highest BCUT2D eigenvalue weighted by atomic mass is 16.2. The fourth-order valence-corrected chi connectivity index (χ4v) is 2.68. The quantitative estimate of drug-likeness (QED) is 0.768. The van der Waals surface area contributed by atoms with E-state index in [9.17, 15) is 9.59 Å². The summed E-state index contributed by atoms with van der Waals surface area (Å²) >= 11 is 0. The second-order valence-corrected chi connectivity index (χ2v) is 4.88. The lowest BCUT2D eigenvalue weighted by atomic mass is 9.89. The highest BCUT2D eigenvalue weighted by Gasteiger charge is 2.29. The summed E-state index contributed by atoms with van der Waals surface area (Å²) in [6.45, 7) is 0. The summed E-state index contributed by atoms with van der Waals surface area (Å²) in [6.07, 6.45) is 5.33. The Morgan fingerprint density at radius 1 is 1.11 bits per heavy atom. The molecule has 0 radical (unpaired) electrons. The number of rotatable bonds is 1. The van der Waals surface area contributed by atoms with E-state index in [1.54, 1.807) is 0 Å². The van der Waals surface area contributed by atoms with E-state index in [1.165, 1.54) is 0 Å². The van der Waals surface area contributed by atoms with Crippen molar-refractivity contribution in [2.24, 2.45) is 0 Å². The van der Waals surface area contributed by atoms with Crippen LogP contribution in [0.15, 0.2) is 35.9 Å². The molecule has 1 aliphatic heterocycles. The molecule has 1 N–H and O–H groups in total. The largest absolute Gasteiger partial charge is 0.325 e. The fourth-order valence-electron chi connectivity index (χ4n) is 2.68. The van der Waals surface area contributed by atoms with Gasteiger partial charge < -0.3 is 5.32 Å². The van der Waals surface area contributed by atoms with Gasteiger partial charge in [0.25, 0.3) is 0 Å². The summed E-state index contributed by atoms with van der Waals surface area (Å²) < 4.78 is 0. The van der Waals surface area contributed by atoms with Gasteiger partial charge in [-0.3, -0.25) is 9.59 Å². The zero-order valence-corrected chi connectivity index (χ0v) is 10.1. The molecular formula is C15H15NO2. The van der Waals surface area contributed by atoms with Crippen molar-refractivity contribution in [2.45, 2.75) is 31.6 Å². The summed E-state index contributed by atoms with van der Waals surface area (Å²) in [5.74, 6) is -0.112. The molecule has 1 aromatic rings. The number of fused-ring (bicyclic) bond motifs is 1. The lowest BCUT2D eigenvalue weighted by molar-refractivity contribution is -0.116. The van der Waals surface area contributed by atoms with Crippen LogP contribution in [0.4, 0.5) is 5.69 Å². The van der Waals surface area contributed by atoms with Crippen LogP contribution in [0, 0.1) is 0 Å². The van der Waals surface area contributed by atoms with Gasteiger partial charge in [0.15, 0.2) is 5.78 Å². The first kappa shape index (κ1) is 11.2. The summed E-state index contributed by atoms with van der Waals surface area (Å²) in [5.41, 5.74) is 2.68. The van der Waals surface area contributed by atoms with Gasteiger partial charge in [-0.05, 0) is 36.5 Å². The highest BCUT2D eigenvalue weighted by molar-refractivity contribution is 6.05. The van der Waals surface area contributed by atoms with Crippen LogP contribution in [0.1, 0.15) is 37.2 Å². The van der Waals surface area contributed by atoms with Crippen molar-refractivity contribution in [3.8, 4) is 0 Å². The van der Waals surface area contributed by atoms with E-state index in [-0.39, 0.29) is 17.6 Å². The van der Waals surface area contributed by atoms with Gasteiger partial charge >= 0.3 is 0 Å². The molecular weight excluding hydrogens is 226 g/mol. The van der Waals surface area contributed by atoms with Gasteiger partial charge in [-0.15, -0.1) is 0 Å². The van der Waals surface area contributed by atoms with Crippen molar-refractivity contribution in [2.75, 3.05) is 5.32 Å². The number of carbonyl (C=O) groups excluding carboxylic acids is 2. The van der Waals surface area contributed by atoms with Crippen LogP contribution in [0.2, 0.25) is 0 Å². The number of carbonyl (C=O) groups is 2. The van der Waals surface area contributed by atoms with E-state index < -0.39 is 0 Å². The molecule has 0 saturated heterocycles. The number of para-hydroxylation sites is 1. The first-order chi connectivity index (χ1) is 8.75. The molecule has 0 bridgehead atoms. The maximum absolute atomic E-state index is 11.9. The van der Waals surface area contributed by atoms with E-state index in [4.69, 9.17) is 0 Å². The van der Waals surface area contributed by atoms with Crippen LogP contribution in [0.5, 0.6) is 0 Å². The minimum atomic E-state index is -0.293. The minimum absolute atomic E-state index is 0.0259. The third-order valence-electron chi connectivity index (χ3n) is 3.66. The molecule has 1 aromatic carbocycles. The summed E-state index contributed by atoms with van der Waals surface area (Å²) in [6, 6.07) is 7.67. The average molecular weight is 241 g/mol. The number of allylic oxidation sites excluding steroid dienone is 1. The van der Waals surface area contributed by atoms with Crippen LogP contribution in [-0.2, 0) is 9.59 Å². The second kappa shape index (κ2) is 4.41. The Morgan fingerprint density at radius 3 is 2.72 bits per heavy atom. The molecule has 18 heavy (non-hydrogen) atoms. The predicted octanol–water partition coefficient (Wildman–Crippen LogP) is 2.79. The molecule has 3 heteroatoms. The zero-order chi connectivity index (χ0) is 12.5. The van der Waals surface area contributed by atoms with Crippen LogP contribution in [0.25, 0.3) is 0 Å². The van der Waals surface area contributed by atoms with Gasteiger partial charge in [-0.2, -0.15) is 0 Å². The Labute approximate surface area is 106 Å². The number of Topliss-reactive ketones (excluding diaryl/α,β-unsaturated/α-hetero) is 1. The topological polar surface area (TPSA) is 46.2 Å². The van der Waals surface area contributed by atoms with Gasteiger partial charge in [-0.25, -0.2) is 0 Å². The molecule has 3 nitrogen and oxygen atoms in total. The standard InChI is InChI=1S/C15H15NO2/c17-14-8-4-1-5-10(14)9-12-11-6-2-3-7-13(11)16-15(12)18/h2-3,6-7,9,12H,1,4-5,8H2,(H,16,18)/b10-9-. The third-order valence-corrected chi connectivity index (χ3v) is 3.66. The number of amides is 1. The van der Waals surface area contributed by atoms with Gasteiger partial charge in [0.1, 0.15) is 0 Å². The van der Waals surface area contributed by atoms with Crippen LogP contribution >= 0.6 is 0 Å². The van der Waals surface area contributed by atoms with Crippen molar-refractivity contribution >= 4 is 17.4 Å². The third kappa shape index (κ3) is 1.86. The molecule has 92 valence electrons. The van der Waals surface area contributed by atoms with Gasteiger partial charge in [0.05, 0.1) is 5.92 Å². The van der Waals surface area contributed by atoms with Crippen molar-refractivity contribution in [1.82, 2.24) is 0 Å². The van der Waals surface area contributed by atoms with Gasteiger partial charge in [0.2, 0.25) is 5.91 Å². The number of nitrogens with one attached hydrogen (secondary N) is 1. The Bertz CT molecular complexity index is 545. The van der Waals surface area contributed by atoms with E-state index in [0.717, 1.165) is 36.1 Å². The van der Waals surface area contributed by atoms with Crippen LogP contribution in [0.3, 0.4) is 0 Å². The maximum Gasteiger partial charge on any atom is 0.235 e. The first-order valence-electron chi connectivity index (χ1n) is 6.39. The summed E-state index contributed by atoms with van der Waals surface area (Å²) in [5, 5.41) is 2.86.